The Bertz CT molecular complexity index is 459. The quantitative estimate of drug-likeness (QED) is 0.288. The van der Waals surface area contributed by atoms with Crippen LogP contribution in [0, 0.1) is 10.1 Å². The van der Waals surface area contributed by atoms with E-state index < -0.39 is 17.6 Å². The fraction of sp³-hybridized carbons (Fsp3) is 0.250. The highest BCUT2D eigenvalue weighted by atomic mass is 35.5. The van der Waals surface area contributed by atoms with Crippen LogP contribution < -0.4 is 0 Å². The highest BCUT2D eigenvalue weighted by Gasteiger charge is 2.23. The van der Waals surface area contributed by atoms with E-state index in [1.165, 1.54) is 18.2 Å². The zero-order valence-electron chi connectivity index (χ0n) is 7.95. The molecule has 16 heavy (non-hydrogen) atoms. The maximum absolute atomic E-state index is 10.7. The van der Waals surface area contributed by atoms with Crippen LogP contribution in [0.25, 0.3) is 10.4 Å². The van der Waals surface area contributed by atoms with Gasteiger partial charge in [0.05, 0.1) is 28.2 Å². The van der Waals surface area contributed by atoms with Gasteiger partial charge in [0.2, 0.25) is 0 Å². The summed E-state index contributed by atoms with van der Waals surface area (Å²) < 4.78 is 0. The van der Waals surface area contributed by atoms with Crippen LogP contribution in [0.5, 0.6) is 0 Å². The second kappa shape index (κ2) is 5.32. The first kappa shape index (κ1) is 12.3. The van der Waals surface area contributed by atoms with Crippen LogP contribution in [-0.2, 0) is 0 Å². The normalized spacial score (nSPS) is 11.6. The van der Waals surface area contributed by atoms with Crippen molar-refractivity contribution >= 4 is 17.3 Å². The summed E-state index contributed by atoms with van der Waals surface area (Å²) in [6, 6.07) is 3.02. The molecule has 1 unspecified atom stereocenters. The van der Waals surface area contributed by atoms with E-state index >= 15 is 0 Å². The van der Waals surface area contributed by atoms with E-state index in [-0.39, 0.29) is 16.3 Å². The zero-order chi connectivity index (χ0) is 12.1. The van der Waals surface area contributed by atoms with Crippen LogP contribution >= 0.6 is 11.6 Å². The first-order valence-electron chi connectivity index (χ1n) is 4.19. The van der Waals surface area contributed by atoms with Gasteiger partial charge in [-0.15, -0.1) is 0 Å². The Morgan fingerprint density at radius 3 is 2.88 bits per heavy atom. The minimum absolute atomic E-state index is 0.0227. The van der Waals surface area contributed by atoms with Gasteiger partial charge in [0.1, 0.15) is 0 Å². The number of benzene rings is 1. The molecule has 0 heterocycles. The topological polar surface area (TPSA) is 112 Å². The van der Waals surface area contributed by atoms with Crippen LogP contribution in [0.4, 0.5) is 5.69 Å². The Balaban J connectivity index is 3.39. The van der Waals surface area contributed by atoms with E-state index in [2.05, 4.69) is 10.0 Å². The molecule has 0 aromatic heterocycles. The molecule has 0 radical (unpaired) electrons. The number of nitro benzene ring substituents is 1. The number of azide groups is 1. The first-order valence-corrected chi connectivity index (χ1v) is 4.57. The highest BCUT2D eigenvalue weighted by molar-refractivity contribution is 6.31. The van der Waals surface area contributed by atoms with Gasteiger partial charge < -0.3 is 5.11 Å². The third kappa shape index (κ3) is 2.40. The molecule has 0 bridgehead atoms. The zero-order valence-corrected chi connectivity index (χ0v) is 8.70. The molecule has 0 fully saturated rings. The number of hydrogen-bond acceptors (Lipinski definition) is 4. The molecule has 0 aliphatic heterocycles. The van der Waals surface area contributed by atoms with Crippen molar-refractivity contribution in [2.24, 2.45) is 5.11 Å². The molecule has 1 aromatic rings. The van der Waals surface area contributed by atoms with Crippen LogP contribution in [-0.4, -0.2) is 16.6 Å². The van der Waals surface area contributed by atoms with Gasteiger partial charge in [-0.25, -0.2) is 0 Å². The maximum Gasteiger partial charge on any atom is 0.274 e. The summed E-state index contributed by atoms with van der Waals surface area (Å²) >= 11 is 5.78. The summed E-state index contributed by atoms with van der Waals surface area (Å²) in [5.74, 6) is 0. The molecule has 0 amide bonds. The summed E-state index contributed by atoms with van der Waals surface area (Å²) in [4.78, 5) is 12.6. The number of nitrogens with zero attached hydrogens (tertiary/aromatic N) is 4. The molecule has 0 spiro atoms. The van der Waals surface area contributed by atoms with Crippen LogP contribution in [0.3, 0.4) is 0 Å². The van der Waals surface area contributed by atoms with Gasteiger partial charge in [-0.1, -0.05) is 22.8 Å². The largest absolute Gasteiger partial charge is 0.396 e. The third-order valence-corrected chi connectivity index (χ3v) is 2.25. The Morgan fingerprint density at radius 1 is 1.69 bits per heavy atom. The molecule has 8 heteroatoms. The lowest BCUT2D eigenvalue weighted by atomic mass is 10.1. The minimum atomic E-state index is -1.06. The van der Waals surface area contributed by atoms with Crippen molar-refractivity contribution in [1.82, 2.24) is 0 Å². The van der Waals surface area contributed by atoms with E-state index in [9.17, 15) is 10.1 Å². The number of rotatable bonds is 4. The van der Waals surface area contributed by atoms with Crippen molar-refractivity contribution in [3.63, 3.8) is 0 Å². The SMILES string of the molecule is [N-]=[N+]=NC(CO)c1c(Cl)cccc1[N+](=O)[O-]. The summed E-state index contributed by atoms with van der Waals surface area (Å²) in [5.41, 5.74) is 8.03. The van der Waals surface area contributed by atoms with Crippen molar-refractivity contribution in [2.45, 2.75) is 6.04 Å². The third-order valence-electron chi connectivity index (χ3n) is 1.92. The van der Waals surface area contributed by atoms with Gasteiger partial charge in [-0.05, 0) is 11.6 Å². The second-order valence-electron chi connectivity index (χ2n) is 2.83. The fourth-order valence-corrected chi connectivity index (χ4v) is 1.56. The van der Waals surface area contributed by atoms with Crippen molar-refractivity contribution in [2.75, 3.05) is 6.61 Å². The average Bonchev–Trinajstić information content (AvgIpc) is 2.26. The lowest BCUT2D eigenvalue weighted by Crippen LogP contribution is -2.05. The smallest absolute Gasteiger partial charge is 0.274 e. The van der Waals surface area contributed by atoms with Crippen molar-refractivity contribution in [3.8, 4) is 0 Å². The molecule has 1 rings (SSSR count). The number of aliphatic hydroxyl groups excluding tert-OH is 1. The summed E-state index contributed by atoms with van der Waals surface area (Å²) in [6.07, 6.45) is 0. The molecule has 0 saturated heterocycles. The average molecular weight is 243 g/mol. The summed E-state index contributed by atoms with van der Waals surface area (Å²) in [7, 11) is 0. The summed E-state index contributed by atoms with van der Waals surface area (Å²) in [5, 5.41) is 23.1. The molecular weight excluding hydrogens is 236 g/mol. The van der Waals surface area contributed by atoms with Gasteiger partial charge >= 0.3 is 0 Å². The number of nitro groups is 1. The molecule has 0 saturated carbocycles. The van der Waals surface area contributed by atoms with Crippen LogP contribution in [0.15, 0.2) is 23.3 Å². The molecule has 0 aliphatic rings. The molecule has 1 aromatic carbocycles. The molecule has 0 aliphatic carbocycles. The fourth-order valence-electron chi connectivity index (χ4n) is 1.26. The lowest BCUT2D eigenvalue weighted by Gasteiger charge is -2.10. The van der Waals surface area contributed by atoms with Gasteiger partial charge in [-0.2, -0.15) is 0 Å². The van der Waals surface area contributed by atoms with Gasteiger partial charge in [-0.3, -0.25) is 10.1 Å². The molecule has 1 N–H and O–H groups in total. The van der Waals surface area contributed by atoms with Gasteiger partial charge in [0, 0.05) is 11.0 Å². The predicted octanol–water partition coefficient (Wildman–Crippen LogP) is 2.59. The summed E-state index contributed by atoms with van der Waals surface area (Å²) in [6.45, 7) is -0.547. The van der Waals surface area contributed by atoms with E-state index in [0.717, 1.165) is 0 Å². The molecular formula is C8H7ClN4O3. The Hall–Kier alpha value is -1.82. The van der Waals surface area contributed by atoms with E-state index in [4.69, 9.17) is 22.2 Å². The van der Waals surface area contributed by atoms with Gasteiger partial charge in [0.15, 0.2) is 0 Å². The molecule has 84 valence electrons. The monoisotopic (exact) mass is 242 g/mol. The highest BCUT2D eigenvalue weighted by Crippen LogP contribution is 2.33. The Labute approximate surface area is 95.0 Å². The number of hydrogen-bond donors (Lipinski definition) is 1. The van der Waals surface area contributed by atoms with Crippen molar-refractivity contribution in [1.29, 1.82) is 0 Å². The maximum atomic E-state index is 10.7. The van der Waals surface area contributed by atoms with Crippen molar-refractivity contribution < 1.29 is 10.0 Å². The Morgan fingerprint density at radius 2 is 2.38 bits per heavy atom. The van der Waals surface area contributed by atoms with E-state index in [1.807, 2.05) is 0 Å². The Kier molecular flexibility index (Phi) is 4.07. The number of aliphatic hydroxyl groups is 1. The van der Waals surface area contributed by atoms with Crippen LogP contribution in [0.1, 0.15) is 11.6 Å². The second-order valence-corrected chi connectivity index (χ2v) is 3.24. The predicted molar refractivity (Wildman–Crippen MR) is 57.1 cm³/mol. The number of halogens is 1. The minimum Gasteiger partial charge on any atom is -0.396 e. The van der Waals surface area contributed by atoms with Crippen LogP contribution in [0.2, 0.25) is 5.02 Å². The standard InChI is InChI=1S/C8H7ClN4O3/c9-5-2-1-3-7(13(15)16)8(5)6(4-14)11-12-10/h1-3,6,14H,4H2. The first-order chi connectivity index (χ1) is 7.61. The molecule has 1 atom stereocenters. The molecule has 7 nitrogen and oxygen atoms in total. The lowest BCUT2D eigenvalue weighted by molar-refractivity contribution is -0.385. The van der Waals surface area contributed by atoms with Crippen molar-refractivity contribution in [3.05, 3.63) is 49.3 Å². The van der Waals surface area contributed by atoms with E-state index in [0.29, 0.717) is 0 Å². The van der Waals surface area contributed by atoms with E-state index in [1.54, 1.807) is 0 Å². The van der Waals surface area contributed by atoms with Gasteiger partial charge in [0.25, 0.3) is 5.69 Å².